The summed E-state index contributed by atoms with van der Waals surface area (Å²) in [7, 11) is 3.76. The van der Waals surface area contributed by atoms with Crippen LogP contribution in [-0.2, 0) is 11.2 Å². The van der Waals surface area contributed by atoms with E-state index < -0.39 is 0 Å². The summed E-state index contributed by atoms with van der Waals surface area (Å²) in [6.45, 7) is 5.85. The number of halogens is 2. The van der Waals surface area contributed by atoms with Crippen LogP contribution < -0.4 is 10.2 Å². The van der Waals surface area contributed by atoms with Crippen molar-refractivity contribution in [2.45, 2.75) is 33.1 Å². The van der Waals surface area contributed by atoms with Gasteiger partial charge in [-0.05, 0) is 86.4 Å². The van der Waals surface area contributed by atoms with E-state index in [2.05, 4.69) is 19.1 Å². The SMILES string of the molecule is C/C=C(/NC(=S)N(C(=O)Cc1ccc(Cl)cc1C)c1ccc(Cl)cc1)C(=P)N1CCCC1. The molecule has 3 rings (SSSR count). The molecule has 1 amide bonds. The van der Waals surface area contributed by atoms with E-state index in [4.69, 9.17) is 35.4 Å². The van der Waals surface area contributed by atoms with Gasteiger partial charge in [0.2, 0.25) is 5.91 Å². The molecular weight excluding hydrogens is 480 g/mol. The first kappa shape index (κ1) is 24.9. The molecule has 4 nitrogen and oxygen atoms in total. The third-order valence-electron chi connectivity index (χ3n) is 5.39. The van der Waals surface area contributed by atoms with E-state index in [1.807, 2.05) is 32.1 Å². The monoisotopic (exact) mass is 505 g/mol. The molecule has 0 aliphatic carbocycles. The quantitative estimate of drug-likeness (QED) is 0.384. The predicted molar refractivity (Wildman–Crippen MR) is 142 cm³/mol. The largest absolute Gasteiger partial charge is 0.331 e. The minimum absolute atomic E-state index is 0.151. The molecule has 0 spiro atoms. The Morgan fingerprint density at radius 1 is 1.16 bits per heavy atom. The fourth-order valence-electron chi connectivity index (χ4n) is 3.61. The van der Waals surface area contributed by atoms with Crippen LogP contribution >= 0.6 is 44.3 Å². The third-order valence-corrected chi connectivity index (χ3v) is 6.75. The Labute approximate surface area is 207 Å². The van der Waals surface area contributed by atoms with E-state index >= 15 is 0 Å². The molecule has 0 radical (unpaired) electrons. The maximum Gasteiger partial charge on any atom is 0.237 e. The fraction of sp³-hybridized carbons (Fsp3) is 0.292. The van der Waals surface area contributed by atoms with Crippen molar-refractivity contribution in [3.05, 3.63) is 75.4 Å². The third kappa shape index (κ3) is 6.18. The molecule has 2 aromatic carbocycles. The molecule has 2 aromatic rings. The molecule has 0 bridgehead atoms. The average Bonchev–Trinajstić information content (AvgIpc) is 3.30. The van der Waals surface area contributed by atoms with Crippen molar-refractivity contribution in [1.29, 1.82) is 0 Å². The zero-order valence-electron chi connectivity index (χ0n) is 18.1. The first-order valence-electron chi connectivity index (χ1n) is 10.4. The average molecular weight is 506 g/mol. The molecular formula is C24H26Cl2N3OPS. The second-order valence-electron chi connectivity index (χ2n) is 7.63. The van der Waals surface area contributed by atoms with Crippen molar-refractivity contribution in [3.63, 3.8) is 0 Å². The number of benzene rings is 2. The lowest BCUT2D eigenvalue weighted by molar-refractivity contribution is -0.117. The molecule has 0 atom stereocenters. The van der Waals surface area contributed by atoms with Crippen LogP contribution in [0.4, 0.5) is 5.69 Å². The minimum atomic E-state index is -0.151. The van der Waals surface area contributed by atoms with Crippen LogP contribution in [-0.4, -0.2) is 34.4 Å². The van der Waals surface area contributed by atoms with Crippen LogP contribution in [0.3, 0.4) is 0 Å². The molecule has 1 N–H and O–H groups in total. The fourth-order valence-corrected chi connectivity index (χ4v) is 4.71. The number of rotatable bonds is 6. The zero-order chi connectivity index (χ0) is 23.3. The standard InChI is InChI=1S/C24H26Cl2N3OPS/c1-3-21(23(31)28-12-4-5-13-28)27-24(32)29(20-10-8-18(25)9-11-20)22(30)15-17-6-7-19(26)14-16(17)2/h3,6-11,14,31H,4-5,12-13,15H2,1-2H3,(H,27,32)/b21-3+. The first-order valence-corrected chi connectivity index (χ1v) is 12.1. The molecule has 1 aliphatic rings. The van der Waals surface area contributed by atoms with Crippen LogP contribution in [0.2, 0.25) is 10.0 Å². The Balaban J connectivity index is 1.86. The lowest BCUT2D eigenvalue weighted by Gasteiger charge is -2.27. The summed E-state index contributed by atoms with van der Waals surface area (Å²) in [4.78, 5) is 17.2. The molecule has 1 fully saturated rings. The summed E-state index contributed by atoms with van der Waals surface area (Å²) >= 11 is 17.9. The summed E-state index contributed by atoms with van der Waals surface area (Å²) in [6, 6.07) is 12.6. The highest BCUT2D eigenvalue weighted by Gasteiger charge is 2.24. The number of nitrogens with zero attached hydrogens (tertiary/aromatic N) is 2. The van der Waals surface area contributed by atoms with E-state index in [1.165, 1.54) is 4.90 Å². The van der Waals surface area contributed by atoms with Gasteiger partial charge in [0.1, 0.15) is 0 Å². The lowest BCUT2D eigenvalue weighted by atomic mass is 10.1. The Hall–Kier alpha value is -1.75. The van der Waals surface area contributed by atoms with Crippen molar-refractivity contribution in [1.82, 2.24) is 10.2 Å². The number of thiocarbonyl (C=S) groups is 1. The van der Waals surface area contributed by atoms with Gasteiger partial charge in [-0.2, -0.15) is 0 Å². The molecule has 32 heavy (non-hydrogen) atoms. The second-order valence-corrected chi connectivity index (χ2v) is 9.36. The summed E-state index contributed by atoms with van der Waals surface area (Å²) in [5.74, 6) is -0.151. The van der Waals surface area contributed by atoms with Gasteiger partial charge >= 0.3 is 0 Å². The van der Waals surface area contributed by atoms with E-state index in [1.54, 1.807) is 30.3 Å². The molecule has 0 unspecified atom stereocenters. The molecule has 1 saturated heterocycles. The number of carbonyl (C=O) groups is 1. The van der Waals surface area contributed by atoms with Crippen molar-refractivity contribution in [3.8, 4) is 0 Å². The van der Waals surface area contributed by atoms with Crippen molar-refractivity contribution in [2.24, 2.45) is 0 Å². The van der Waals surface area contributed by atoms with Gasteiger partial charge in [0.05, 0.1) is 23.2 Å². The van der Waals surface area contributed by atoms with Crippen LogP contribution in [0.25, 0.3) is 0 Å². The van der Waals surface area contributed by atoms with E-state index in [9.17, 15) is 4.79 Å². The van der Waals surface area contributed by atoms with E-state index in [-0.39, 0.29) is 12.3 Å². The van der Waals surface area contributed by atoms with Crippen molar-refractivity contribution >= 4 is 66.4 Å². The Morgan fingerprint density at radius 3 is 2.38 bits per heavy atom. The molecule has 1 heterocycles. The summed E-state index contributed by atoms with van der Waals surface area (Å²) in [5, 5.41) is 4.80. The van der Waals surface area contributed by atoms with Gasteiger partial charge in [-0.15, -0.1) is 0 Å². The van der Waals surface area contributed by atoms with Crippen molar-refractivity contribution in [2.75, 3.05) is 18.0 Å². The van der Waals surface area contributed by atoms with Gasteiger partial charge in [0, 0.05) is 23.1 Å². The Kier molecular flexibility index (Phi) is 8.87. The maximum absolute atomic E-state index is 13.5. The predicted octanol–water partition coefficient (Wildman–Crippen LogP) is 6.02. The number of hydrogen-bond donors (Lipinski definition) is 1. The van der Waals surface area contributed by atoms with Crippen LogP contribution in [0.15, 0.2) is 54.2 Å². The van der Waals surface area contributed by atoms with E-state index in [0.29, 0.717) is 20.8 Å². The molecule has 1 aliphatic heterocycles. The van der Waals surface area contributed by atoms with Crippen LogP contribution in [0.5, 0.6) is 0 Å². The van der Waals surface area contributed by atoms with Crippen LogP contribution in [0.1, 0.15) is 30.9 Å². The highest BCUT2D eigenvalue weighted by molar-refractivity contribution is 7.80. The smallest absolute Gasteiger partial charge is 0.237 e. The molecule has 0 saturated carbocycles. The first-order chi connectivity index (χ1) is 15.3. The van der Waals surface area contributed by atoms with Gasteiger partial charge < -0.3 is 5.32 Å². The summed E-state index contributed by atoms with van der Waals surface area (Å²) in [5.41, 5.74) is 4.26. The minimum Gasteiger partial charge on any atom is -0.331 e. The highest BCUT2D eigenvalue weighted by Crippen LogP contribution is 2.22. The number of allylic oxidation sites excluding steroid dienone is 1. The molecule has 0 aromatic heterocycles. The Morgan fingerprint density at radius 2 is 1.78 bits per heavy atom. The van der Waals surface area contributed by atoms with Gasteiger partial charge in [-0.25, -0.2) is 0 Å². The number of anilines is 1. The number of likely N-dealkylation sites (tertiary alicyclic amines) is 1. The number of carbonyl (C=O) groups excluding carboxylic acids is 1. The Bertz CT molecular complexity index is 1050. The lowest BCUT2D eigenvalue weighted by Crippen LogP contribution is -2.46. The number of aryl methyl sites for hydroxylation is 1. The summed E-state index contributed by atoms with van der Waals surface area (Å²) in [6.07, 6.45) is 4.45. The van der Waals surface area contributed by atoms with Gasteiger partial charge in [0.15, 0.2) is 5.11 Å². The molecule has 168 valence electrons. The maximum atomic E-state index is 13.5. The highest BCUT2D eigenvalue weighted by atomic mass is 35.5. The van der Waals surface area contributed by atoms with Gasteiger partial charge in [0.25, 0.3) is 0 Å². The van der Waals surface area contributed by atoms with Gasteiger partial charge in [-0.3, -0.25) is 14.6 Å². The topological polar surface area (TPSA) is 35.6 Å². The van der Waals surface area contributed by atoms with Crippen molar-refractivity contribution < 1.29 is 4.79 Å². The second kappa shape index (κ2) is 11.4. The van der Waals surface area contributed by atoms with Crippen LogP contribution in [0, 0.1) is 6.92 Å². The summed E-state index contributed by atoms with van der Waals surface area (Å²) < 4.78 is 0. The van der Waals surface area contributed by atoms with Gasteiger partial charge in [-0.1, -0.05) is 44.2 Å². The number of amides is 1. The zero-order valence-corrected chi connectivity index (χ0v) is 21.4. The van der Waals surface area contributed by atoms with E-state index in [0.717, 1.165) is 48.2 Å². The number of hydrogen-bond acceptors (Lipinski definition) is 2. The number of nitrogens with one attached hydrogen (secondary N) is 1. The molecule has 8 heteroatoms. The normalized spacial score (nSPS) is 14.3.